The molecule has 2 heterocycles. The van der Waals surface area contributed by atoms with Crippen LogP contribution in [0.4, 0.5) is 0 Å². The van der Waals surface area contributed by atoms with Crippen molar-refractivity contribution in [2.75, 3.05) is 13.1 Å². The van der Waals surface area contributed by atoms with Gasteiger partial charge in [-0.3, -0.25) is 4.79 Å². The quantitative estimate of drug-likeness (QED) is 0.585. The molecule has 4 rings (SSSR count). The number of amides is 1. The lowest BCUT2D eigenvalue weighted by molar-refractivity contribution is 0.0711. The van der Waals surface area contributed by atoms with E-state index in [-0.39, 0.29) is 5.91 Å². The van der Waals surface area contributed by atoms with Crippen LogP contribution in [0, 0.1) is 0 Å². The minimum Gasteiger partial charge on any atom is -0.426 e. The number of nitrogens with zero attached hydrogens (tertiary/aromatic N) is 1. The molecule has 1 amide bonds. The summed E-state index contributed by atoms with van der Waals surface area (Å²) in [4.78, 5) is 15.2. The van der Waals surface area contributed by atoms with Gasteiger partial charge in [-0.15, -0.1) is 0 Å². The number of benzene rings is 2. The maximum absolute atomic E-state index is 13.2. The second kappa shape index (κ2) is 8.67. The Hall–Kier alpha value is -2.19. The first-order valence-electron chi connectivity index (χ1n) is 10.3. The fourth-order valence-electron chi connectivity index (χ4n) is 4.55. The summed E-state index contributed by atoms with van der Waals surface area (Å²) in [5.41, 5.74) is 11.0. The van der Waals surface area contributed by atoms with E-state index in [1.807, 2.05) is 23.1 Å². The largest absolute Gasteiger partial charge is 0.469 e. The van der Waals surface area contributed by atoms with Crippen LogP contribution in [0.3, 0.4) is 0 Å². The summed E-state index contributed by atoms with van der Waals surface area (Å²) in [6.07, 6.45) is 2.41. The first-order valence-corrected chi connectivity index (χ1v) is 10.3. The molecule has 1 unspecified atom stereocenters. The zero-order valence-electron chi connectivity index (χ0n) is 16.6. The average Bonchev–Trinajstić information content (AvgIpc) is 2.78. The Kier molecular flexibility index (Phi) is 6.01. The third-order valence-electron chi connectivity index (χ3n) is 6.28. The van der Waals surface area contributed by atoms with Gasteiger partial charge in [-0.2, -0.15) is 0 Å². The smallest absolute Gasteiger partial charge is 0.426 e. The summed E-state index contributed by atoms with van der Waals surface area (Å²) in [6, 6.07) is 14.2. The molecule has 0 radical (unpaired) electrons. The van der Waals surface area contributed by atoms with E-state index >= 15 is 0 Å². The highest BCUT2D eigenvalue weighted by Gasteiger charge is 2.31. The van der Waals surface area contributed by atoms with E-state index in [1.165, 1.54) is 5.56 Å². The second-order valence-corrected chi connectivity index (χ2v) is 8.06. The summed E-state index contributed by atoms with van der Waals surface area (Å²) in [7, 11) is -1.40. The molecule has 6 nitrogen and oxygen atoms in total. The first-order chi connectivity index (χ1) is 14.1. The fraction of sp³-hybridized carbons (Fsp3) is 0.409. The van der Waals surface area contributed by atoms with Crippen molar-refractivity contribution in [2.45, 2.75) is 44.2 Å². The maximum atomic E-state index is 13.2. The highest BCUT2D eigenvalue weighted by molar-refractivity contribution is 6.43. The maximum Gasteiger partial charge on any atom is 0.469 e. The predicted molar refractivity (Wildman–Crippen MR) is 113 cm³/mol. The molecular formula is C22H28BN3O3. The zero-order valence-corrected chi connectivity index (χ0v) is 16.6. The molecule has 1 saturated heterocycles. The number of piperidine rings is 1. The Balaban J connectivity index is 1.45. The van der Waals surface area contributed by atoms with Crippen molar-refractivity contribution in [2.24, 2.45) is 5.73 Å². The van der Waals surface area contributed by atoms with E-state index in [9.17, 15) is 14.8 Å². The Bertz CT molecular complexity index is 881. The molecule has 1 fully saturated rings. The van der Waals surface area contributed by atoms with Gasteiger partial charge in [0.05, 0.1) is 0 Å². The van der Waals surface area contributed by atoms with Gasteiger partial charge in [-0.25, -0.2) is 0 Å². The predicted octanol–water partition coefficient (Wildman–Crippen LogP) is 1.19. The third-order valence-corrected chi connectivity index (χ3v) is 6.28. The molecule has 1 atom stereocenters. The molecule has 152 valence electrons. The Morgan fingerprint density at radius 1 is 1.17 bits per heavy atom. The van der Waals surface area contributed by atoms with Gasteiger partial charge in [-0.05, 0) is 53.5 Å². The SMILES string of the molecule is NCc1cccc(C2CCN(C(=O)c3cccc4c3CNC(B(O)O)C4)CC2)c1. The van der Waals surface area contributed by atoms with Gasteiger partial charge in [0.15, 0.2) is 0 Å². The summed E-state index contributed by atoms with van der Waals surface area (Å²) in [6.45, 7) is 2.51. The highest BCUT2D eigenvalue weighted by atomic mass is 16.4. The number of nitrogens with two attached hydrogens (primary N) is 1. The van der Waals surface area contributed by atoms with Crippen LogP contribution < -0.4 is 11.1 Å². The Morgan fingerprint density at radius 2 is 1.93 bits per heavy atom. The number of hydrogen-bond donors (Lipinski definition) is 4. The third kappa shape index (κ3) is 4.23. The Morgan fingerprint density at radius 3 is 2.66 bits per heavy atom. The van der Waals surface area contributed by atoms with Crippen LogP contribution in [-0.2, 0) is 19.5 Å². The number of rotatable bonds is 4. The molecule has 2 aromatic carbocycles. The van der Waals surface area contributed by atoms with Crippen LogP contribution in [0.2, 0.25) is 0 Å². The zero-order chi connectivity index (χ0) is 20.4. The molecule has 2 aliphatic heterocycles. The van der Waals surface area contributed by atoms with Crippen molar-refractivity contribution < 1.29 is 14.8 Å². The lowest BCUT2D eigenvalue weighted by Gasteiger charge is -2.34. The van der Waals surface area contributed by atoms with Crippen LogP contribution in [-0.4, -0.2) is 47.0 Å². The van der Waals surface area contributed by atoms with Gasteiger partial charge in [0.2, 0.25) is 0 Å². The van der Waals surface area contributed by atoms with Gasteiger partial charge in [0.1, 0.15) is 0 Å². The average molecular weight is 393 g/mol. The first kappa shape index (κ1) is 20.1. The van der Waals surface area contributed by atoms with E-state index in [0.29, 0.717) is 25.4 Å². The topological polar surface area (TPSA) is 98.8 Å². The highest BCUT2D eigenvalue weighted by Crippen LogP contribution is 2.30. The van der Waals surface area contributed by atoms with E-state index in [0.717, 1.165) is 48.2 Å². The van der Waals surface area contributed by atoms with E-state index < -0.39 is 13.1 Å². The lowest BCUT2D eigenvalue weighted by Crippen LogP contribution is -2.48. The van der Waals surface area contributed by atoms with Crippen molar-refractivity contribution in [3.63, 3.8) is 0 Å². The molecule has 7 heteroatoms. The standard InChI is InChI=1S/C22H28BN3O3/c24-13-15-3-1-4-17(11-15)16-7-9-26(10-8-16)22(27)19-6-2-5-18-12-21(23(28)29)25-14-20(18)19/h1-6,11,16,21,25,28-29H,7-10,12-14,24H2. The van der Waals surface area contributed by atoms with Gasteiger partial charge in [0, 0.05) is 37.7 Å². The summed E-state index contributed by atoms with van der Waals surface area (Å²) < 4.78 is 0. The van der Waals surface area contributed by atoms with Crippen molar-refractivity contribution in [1.29, 1.82) is 0 Å². The minimum atomic E-state index is -1.40. The molecule has 0 spiro atoms. The molecule has 0 aliphatic carbocycles. The summed E-state index contributed by atoms with van der Waals surface area (Å²) in [5.74, 6) is 0.136. The van der Waals surface area contributed by atoms with Crippen LogP contribution in [0.1, 0.15) is 51.4 Å². The molecule has 0 bridgehead atoms. The van der Waals surface area contributed by atoms with E-state index in [4.69, 9.17) is 5.73 Å². The number of fused-ring (bicyclic) bond motifs is 1. The number of nitrogens with one attached hydrogen (secondary N) is 1. The van der Waals surface area contributed by atoms with Gasteiger partial charge >= 0.3 is 7.12 Å². The number of carbonyl (C=O) groups is 1. The molecule has 5 N–H and O–H groups in total. The van der Waals surface area contributed by atoms with Crippen LogP contribution in [0.25, 0.3) is 0 Å². The number of likely N-dealkylation sites (tertiary alicyclic amines) is 1. The number of carbonyl (C=O) groups excluding carboxylic acids is 1. The van der Waals surface area contributed by atoms with Crippen molar-refractivity contribution in [3.8, 4) is 0 Å². The van der Waals surface area contributed by atoms with E-state index in [2.05, 4.69) is 29.6 Å². The molecule has 0 aromatic heterocycles. The van der Waals surface area contributed by atoms with E-state index in [1.54, 1.807) is 0 Å². The molecular weight excluding hydrogens is 365 g/mol. The fourth-order valence-corrected chi connectivity index (χ4v) is 4.55. The van der Waals surface area contributed by atoms with Gasteiger partial charge in [-0.1, -0.05) is 36.4 Å². The lowest BCUT2D eigenvalue weighted by atomic mass is 9.73. The van der Waals surface area contributed by atoms with Crippen LogP contribution >= 0.6 is 0 Å². The van der Waals surface area contributed by atoms with Crippen LogP contribution in [0.5, 0.6) is 0 Å². The Labute approximate surface area is 171 Å². The van der Waals surface area contributed by atoms with Gasteiger partial charge < -0.3 is 26.0 Å². The molecule has 0 saturated carbocycles. The van der Waals surface area contributed by atoms with Crippen LogP contribution in [0.15, 0.2) is 42.5 Å². The molecule has 2 aromatic rings. The minimum absolute atomic E-state index is 0.0702. The summed E-state index contributed by atoms with van der Waals surface area (Å²) in [5, 5.41) is 22.0. The van der Waals surface area contributed by atoms with Gasteiger partial charge in [0.25, 0.3) is 5.91 Å². The monoisotopic (exact) mass is 393 g/mol. The molecule has 29 heavy (non-hydrogen) atoms. The van der Waals surface area contributed by atoms with Crippen molar-refractivity contribution in [1.82, 2.24) is 10.2 Å². The second-order valence-electron chi connectivity index (χ2n) is 8.06. The number of hydrogen-bond acceptors (Lipinski definition) is 5. The summed E-state index contributed by atoms with van der Waals surface area (Å²) >= 11 is 0. The van der Waals surface area contributed by atoms with Crippen molar-refractivity contribution in [3.05, 3.63) is 70.3 Å². The molecule has 2 aliphatic rings. The van der Waals surface area contributed by atoms with Crippen molar-refractivity contribution >= 4 is 13.0 Å². The normalized spacial score (nSPS) is 19.7.